The van der Waals surface area contributed by atoms with Crippen LogP contribution in [0, 0.1) is 11.6 Å². The summed E-state index contributed by atoms with van der Waals surface area (Å²) in [5.41, 5.74) is -0.393. The number of halogens is 2. The average molecular weight is 385 g/mol. The summed E-state index contributed by atoms with van der Waals surface area (Å²) in [5, 5.41) is 9.37. The minimum atomic E-state index is -4.46. The molecule has 1 aromatic carbocycles. The molecule has 26 heavy (non-hydrogen) atoms. The fourth-order valence-electron chi connectivity index (χ4n) is 2.34. The molecular formula is C16H17F2N3O4S. The van der Waals surface area contributed by atoms with Crippen LogP contribution in [0.4, 0.5) is 20.3 Å². The number of aromatic carboxylic acids is 1. The number of benzene rings is 1. The number of aromatic nitrogens is 1. The summed E-state index contributed by atoms with van der Waals surface area (Å²) in [7, 11) is -4.46. The summed E-state index contributed by atoms with van der Waals surface area (Å²) < 4.78 is 53.6. The lowest BCUT2D eigenvalue weighted by molar-refractivity contribution is 0.0697. The van der Waals surface area contributed by atoms with Crippen molar-refractivity contribution in [3.8, 4) is 0 Å². The Kier molecular flexibility index (Phi) is 5.76. The predicted molar refractivity (Wildman–Crippen MR) is 91.9 cm³/mol. The van der Waals surface area contributed by atoms with E-state index in [1.165, 1.54) is 0 Å². The standard InChI is InChI=1S/C16H17F2N3O4S/c1-3-21(4-2)15-12(16(22)23)8-11(9-19-15)20-26(24,25)14-7-10(17)5-6-13(14)18/h5-9,20H,3-4H2,1-2H3,(H,22,23). The van der Waals surface area contributed by atoms with Gasteiger partial charge in [0, 0.05) is 13.1 Å². The second-order valence-corrected chi connectivity index (χ2v) is 6.90. The van der Waals surface area contributed by atoms with Crippen molar-refractivity contribution in [2.45, 2.75) is 18.7 Å². The molecule has 1 heterocycles. The minimum absolute atomic E-state index is 0.179. The lowest BCUT2D eigenvalue weighted by Crippen LogP contribution is -2.25. The summed E-state index contributed by atoms with van der Waals surface area (Å²) in [6.45, 7) is 4.65. The normalized spacial score (nSPS) is 11.2. The molecule has 0 bridgehead atoms. The zero-order chi connectivity index (χ0) is 19.5. The van der Waals surface area contributed by atoms with Crippen LogP contribution in [-0.2, 0) is 10.0 Å². The van der Waals surface area contributed by atoms with Gasteiger partial charge in [-0.25, -0.2) is 27.0 Å². The van der Waals surface area contributed by atoms with Crippen LogP contribution in [0.15, 0.2) is 35.4 Å². The largest absolute Gasteiger partial charge is 0.478 e. The van der Waals surface area contributed by atoms with Crippen molar-refractivity contribution in [1.82, 2.24) is 4.98 Å². The number of nitrogens with zero attached hydrogens (tertiary/aromatic N) is 2. The van der Waals surface area contributed by atoms with Crippen molar-refractivity contribution in [2.24, 2.45) is 0 Å². The topological polar surface area (TPSA) is 99.6 Å². The molecule has 0 saturated carbocycles. The van der Waals surface area contributed by atoms with Gasteiger partial charge in [0.25, 0.3) is 10.0 Å². The van der Waals surface area contributed by atoms with Gasteiger partial charge in [-0.05, 0) is 38.1 Å². The molecule has 0 atom stereocenters. The van der Waals surface area contributed by atoms with E-state index in [0.717, 1.165) is 18.3 Å². The van der Waals surface area contributed by atoms with Crippen LogP contribution < -0.4 is 9.62 Å². The average Bonchev–Trinajstić information content (AvgIpc) is 2.58. The number of hydrogen-bond donors (Lipinski definition) is 2. The number of rotatable bonds is 7. The smallest absolute Gasteiger partial charge is 0.339 e. The maximum atomic E-state index is 13.7. The Morgan fingerprint density at radius 2 is 1.88 bits per heavy atom. The first-order chi connectivity index (χ1) is 12.2. The van der Waals surface area contributed by atoms with Gasteiger partial charge in [0.1, 0.15) is 27.9 Å². The number of carboxylic acids is 1. The summed E-state index contributed by atoms with van der Waals surface area (Å²) in [6, 6.07) is 3.09. The number of carbonyl (C=O) groups is 1. The van der Waals surface area contributed by atoms with E-state index in [1.54, 1.807) is 4.90 Å². The molecule has 140 valence electrons. The van der Waals surface area contributed by atoms with Gasteiger partial charge in [0.15, 0.2) is 0 Å². The third-order valence-corrected chi connectivity index (χ3v) is 4.99. The SMILES string of the molecule is CCN(CC)c1ncc(NS(=O)(=O)c2cc(F)ccc2F)cc1C(=O)O. The summed E-state index contributed by atoms with van der Waals surface area (Å²) in [5.74, 6) is -3.17. The van der Waals surface area contributed by atoms with Gasteiger partial charge in [-0.3, -0.25) is 4.72 Å². The first kappa shape index (κ1) is 19.6. The molecule has 10 heteroatoms. The van der Waals surface area contributed by atoms with Crippen molar-refractivity contribution in [1.29, 1.82) is 0 Å². The molecule has 7 nitrogen and oxygen atoms in total. The first-order valence-electron chi connectivity index (χ1n) is 7.65. The van der Waals surface area contributed by atoms with Gasteiger partial charge in [-0.15, -0.1) is 0 Å². The number of pyridine rings is 1. The molecule has 0 amide bonds. The van der Waals surface area contributed by atoms with E-state index >= 15 is 0 Å². The molecule has 2 aromatic rings. The fraction of sp³-hybridized carbons (Fsp3) is 0.250. The van der Waals surface area contributed by atoms with Crippen molar-refractivity contribution < 1.29 is 27.1 Å². The Morgan fingerprint density at radius 1 is 1.23 bits per heavy atom. The molecule has 0 radical (unpaired) electrons. The Hall–Kier alpha value is -2.75. The molecule has 0 aliphatic carbocycles. The minimum Gasteiger partial charge on any atom is -0.478 e. The zero-order valence-electron chi connectivity index (χ0n) is 14.0. The van der Waals surface area contributed by atoms with E-state index in [0.29, 0.717) is 25.2 Å². The van der Waals surface area contributed by atoms with Gasteiger partial charge in [-0.2, -0.15) is 0 Å². The van der Waals surface area contributed by atoms with Gasteiger partial charge < -0.3 is 10.0 Å². The van der Waals surface area contributed by atoms with E-state index < -0.39 is 32.5 Å². The molecule has 2 N–H and O–H groups in total. The monoisotopic (exact) mass is 385 g/mol. The van der Waals surface area contributed by atoms with Gasteiger partial charge in [-0.1, -0.05) is 0 Å². The lowest BCUT2D eigenvalue weighted by Gasteiger charge is -2.22. The van der Waals surface area contributed by atoms with Crippen LogP contribution in [0.3, 0.4) is 0 Å². The van der Waals surface area contributed by atoms with Crippen LogP contribution >= 0.6 is 0 Å². The predicted octanol–water partition coefficient (Wildman–Crippen LogP) is 2.71. The highest BCUT2D eigenvalue weighted by Gasteiger charge is 2.22. The molecule has 0 spiro atoms. The lowest BCUT2D eigenvalue weighted by atomic mass is 10.2. The molecular weight excluding hydrogens is 368 g/mol. The molecule has 2 rings (SSSR count). The molecule has 1 aromatic heterocycles. The van der Waals surface area contributed by atoms with Crippen LogP contribution in [0.2, 0.25) is 0 Å². The first-order valence-corrected chi connectivity index (χ1v) is 9.14. The summed E-state index contributed by atoms with van der Waals surface area (Å²) >= 11 is 0. The highest BCUT2D eigenvalue weighted by atomic mass is 32.2. The highest BCUT2D eigenvalue weighted by molar-refractivity contribution is 7.92. The quantitative estimate of drug-likeness (QED) is 0.760. The Balaban J connectivity index is 2.45. The van der Waals surface area contributed by atoms with Crippen LogP contribution in [0.1, 0.15) is 24.2 Å². The highest BCUT2D eigenvalue weighted by Crippen LogP contribution is 2.24. The molecule has 0 saturated heterocycles. The van der Waals surface area contributed by atoms with E-state index in [4.69, 9.17) is 0 Å². The van der Waals surface area contributed by atoms with Crippen LogP contribution in [0.25, 0.3) is 0 Å². The number of carboxylic acid groups (broad SMARTS) is 1. The van der Waals surface area contributed by atoms with Gasteiger partial charge >= 0.3 is 5.97 Å². The second kappa shape index (κ2) is 7.65. The molecule has 0 aliphatic rings. The van der Waals surface area contributed by atoms with Crippen molar-refractivity contribution in [2.75, 3.05) is 22.7 Å². The number of hydrogen-bond acceptors (Lipinski definition) is 5. The maximum Gasteiger partial charge on any atom is 0.339 e. The van der Waals surface area contributed by atoms with E-state index in [-0.39, 0.29) is 17.1 Å². The van der Waals surface area contributed by atoms with E-state index in [1.807, 2.05) is 18.6 Å². The van der Waals surface area contributed by atoms with Gasteiger partial charge in [0.05, 0.1) is 11.9 Å². The van der Waals surface area contributed by atoms with Crippen LogP contribution in [0.5, 0.6) is 0 Å². The number of nitrogens with one attached hydrogen (secondary N) is 1. The molecule has 0 unspecified atom stereocenters. The Labute approximate surface area is 149 Å². The third kappa shape index (κ3) is 4.07. The molecule has 0 fully saturated rings. The Morgan fingerprint density at radius 3 is 2.46 bits per heavy atom. The zero-order valence-corrected chi connectivity index (χ0v) is 14.8. The third-order valence-electron chi connectivity index (χ3n) is 3.60. The van der Waals surface area contributed by atoms with E-state index in [2.05, 4.69) is 4.98 Å². The maximum absolute atomic E-state index is 13.7. The van der Waals surface area contributed by atoms with Gasteiger partial charge in [0.2, 0.25) is 0 Å². The molecule has 0 aliphatic heterocycles. The Bertz CT molecular complexity index is 931. The summed E-state index contributed by atoms with van der Waals surface area (Å²) in [4.78, 5) is 16.3. The van der Waals surface area contributed by atoms with Crippen molar-refractivity contribution in [3.05, 3.63) is 47.7 Å². The van der Waals surface area contributed by atoms with Crippen molar-refractivity contribution >= 4 is 27.5 Å². The fourth-order valence-corrected chi connectivity index (χ4v) is 3.46. The van der Waals surface area contributed by atoms with Crippen molar-refractivity contribution in [3.63, 3.8) is 0 Å². The second-order valence-electron chi connectivity index (χ2n) is 5.25. The number of anilines is 2. The summed E-state index contributed by atoms with van der Waals surface area (Å²) in [6.07, 6.45) is 1.12. The van der Waals surface area contributed by atoms with Crippen LogP contribution in [-0.4, -0.2) is 37.6 Å². The van der Waals surface area contributed by atoms with E-state index in [9.17, 15) is 27.1 Å². The number of sulfonamides is 1.